The number of pyridine rings is 1. The number of nitrogens with zero attached hydrogens (tertiary/aromatic N) is 2. The van der Waals surface area contributed by atoms with Gasteiger partial charge < -0.3 is 5.32 Å². The first-order valence-corrected chi connectivity index (χ1v) is 7.91. The first kappa shape index (κ1) is 14.5. The van der Waals surface area contributed by atoms with Gasteiger partial charge in [-0.15, -0.1) is 0 Å². The van der Waals surface area contributed by atoms with E-state index in [1.165, 1.54) is 0 Å². The van der Waals surface area contributed by atoms with Crippen molar-refractivity contribution in [2.45, 2.75) is 13.1 Å². The number of fused-ring (bicyclic) bond motifs is 1. The number of benzene rings is 2. The summed E-state index contributed by atoms with van der Waals surface area (Å²) in [5, 5.41) is 3.46. The summed E-state index contributed by atoms with van der Waals surface area (Å²) in [6.07, 6.45) is 1.41. The van der Waals surface area contributed by atoms with E-state index in [1.54, 1.807) is 17.2 Å². The van der Waals surface area contributed by atoms with Gasteiger partial charge in [-0.25, -0.2) is 0 Å². The largest absolute Gasteiger partial charge is 0.360 e. The van der Waals surface area contributed by atoms with E-state index in [4.69, 9.17) is 0 Å². The zero-order chi connectivity index (χ0) is 16.5. The molecule has 1 aromatic heterocycles. The average Bonchev–Trinajstić information content (AvgIpc) is 2.88. The molecule has 0 fully saturated rings. The van der Waals surface area contributed by atoms with Crippen molar-refractivity contribution >= 4 is 17.3 Å². The van der Waals surface area contributed by atoms with Crippen LogP contribution in [0.4, 0.5) is 11.4 Å². The third-order valence-electron chi connectivity index (χ3n) is 4.16. The molecular weight excluding hydrogens is 298 g/mol. The van der Waals surface area contributed by atoms with Crippen LogP contribution >= 0.6 is 0 Å². The number of amides is 1. The Bertz CT molecular complexity index is 892. The van der Waals surface area contributed by atoms with Crippen molar-refractivity contribution in [3.8, 4) is 0 Å². The average molecular weight is 315 g/mol. The van der Waals surface area contributed by atoms with E-state index in [0.29, 0.717) is 5.56 Å². The molecule has 1 amide bonds. The summed E-state index contributed by atoms with van der Waals surface area (Å²) in [5.74, 6) is -0.0329. The molecular formula is C20H17N3O. The Labute approximate surface area is 140 Å². The standard InChI is InChI=1S/C20H17N3O/c1-14-7-5-8-15(13-14)22-19-18-17(11-6-12-21-18)20(24)23(19)16-9-3-2-4-10-16/h2-13,19,22H,1H3. The normalized spacial score (nSPS) is 16.1. The summed E-state index contributed by atoms with van der Waals surface area (Å²) in [6.45, 7) is 2.05. The zero-order valence-electron chi connectivity index (χ0n) is 13.3. The highest BCUT2D eigenvalue weighted by molar-refractivity contribution is 6.11. The van der Waals surface area contributed by atoms with Gasteiger partial charge in [0.1, 0.15) is 0 Å². The van der Waals surface area contributed by atoms with Crippen LogP contribution < -0.4 is 10.2 Å². The molecule has 1 N–H and O–H groups in total. The summed E-state index contributed by atoms with van der Waals surface area (Å²) in [5.41, 5.74) is 4.38. The number of carbonyl (C=O) groups is 1. The van der Waals surface area contributed by atoms with E-state index in [2.05, 4.69) is 16.4 Å². The number of hydrogen-bond donors (Lipinski definition) is 1. The number of para-hydroxylation sites is 1. The SMILES string of the molecule is Cc1cccc(NC2c3ncccc3C(=O)N2c2ccccc2)c1. The molecule has 0 bridgehead atoms. The highest BCUT2D eigenvalue weighted by Gasteiger charge is 2.38. The molecule has 1 atom stereocenters. The van der Waals surface area contributed by atoms with Gasteiger partial charge in [-0.2, -0.15) is 0 Å². The van der Waals surface area contributed by atoms with Crippen molar-refractivity contribution < 1.29 is 4.79 Å². The number of nitrogens with one attached hydrogen (secondary N) is 1. The third kappa shape index (κ3) is 2.42. The van der Waals surface area contributed by atoms with E-state index in [-0.39, 0.29) is 12.1 Å². The molecule has 0 spiro atoms. The molecule has 0 saturated heterocycles. The highest BCUT2D eigenvalue weighted by Crippen LogP contribution is 2.36. The summed E-state index contributed by atoms with van der Waals surface area (Å²) in [7, 11) is 0. The van der Waals surface area contributed by atoms with Crippen LogP contribution in [0, 0.1) is 6.92 Å². The predicted octanol–water partition coefficient (Wildman–Crippen LogP) is 4.16. The van der Waals surface area contributed by atoms with Crippen LogP contribution in [0.3, 0.4) is 0 Å². The quantitative estimate of drug-likeness (QED) is 0.789. The Morgan fingerprint density at radius 3 is 2.62 bits per heavy atom. The van der Waals surface area contributed by atoms with Crippen molar-refractivity contribution in [1.29, 1.82) is 0 Å². The van der Waals surface area contributed by atoms with Crippen LogP contribution in [0.5, 0.6) is 0 Å². The molecule has 1 aliphatic heterocycles. The molecule has 2 heterocycles. The second-order valence-corrected chi connectivity index (χ2v) is 5.86. The lowest BCUT2D eigenvalue weighted by Gasteiger charge is -2.26. The molecule has 4 heteroatoms. The van der Waals surface area contributed by atoms with Gasteiger partial charge in [0.2, 0.25) is 0 Å². The maximum absolute atomic E-state index is 12.9. The molecule has 2 aromatic carbocycles. The molecule has 4 nitrogen and oxygen atoms in total. The highest BCUT2D eigenvalue weighted by atomic mass is 16.2. The number of rotatable bonds is 3. The lowest BCUT2D eigenvalue weighted by molar-refractivity contribution is 0.0993. The fourth-order valence-corrected chi connectivity index (χ4v) is 3.07. The molecule has 118 valence electrons. The number of hydrogen-bond acceptors (Lipinski definition) is 3. The van der Waals surface area contributed by atoms with Crippen LogP contribution in [0.1, 0.15) is 27.8 Å². The number of aryl methyl sites for hydroxylation is 1. The minimum Gasteiger partial charge on any atom is -0.360 e. The van der Waals surface area contributed by atoms with E-state index < -0.39 is 0 Å². The minimum atomic E-state index is -0.321. The van der Waals surface area contributed by atoms with Crippen molar-refractivity contribution in [3.63, 3.8) is 0 Å². The van der Waals surface area contributed by atoms with Gasteiger partial charge in [0, 0.05) is 17.6 Å². The fraction of sp³-hybridized carbons (Fsp3) is 0.100. The molecule has 24 heavy (non-hydrogen) atoms. The van der Waals surface area contributed by atoms with Gasteiger partial charge in [0.05, 0.1) is 11.3 Å². The third-order valence-corrected chi connectivity index (χ3v) is 4.16. The van der Waals surface area contributed by atoms with Gasteiger partial charge in [0.15, 0.2) is 6.17 Å². The summed E-state index contributed by atoms with van der Waals surface area (Å²) in [6, 6.07) is 21.4. The maximum atomic E-state index is 12.9. The molecule has 0 radical (unpaired) electrons. The number of carbonyl (C=O) groups excluding carboxylic acids is 1. The van der Waals surface area contributed by atoms with Crippen LogP contribution in [-0.2, 0) is 0 Å². The van der Waals surface area contributed by atoms with Crippen LogP contribution in [0.15, 0.2) is 72.9 Å². The van der Waals surface area contributed by atoms with Gasteiger partial charge in [-0.1, -0.05) is 30.3 Å². The predicted molar refractivity (Wildman–Crippen MR) is 95.0 cm³/mol. The Morgan fingerprint density at radius 2 is 1.83 bits per heavy atom. The van der Waals surface area contributed by atoms with Gasteiger partial charge in [-0.05, 0) is 48.9 Å². The van der Waals surface area contributed by atoms with Crippen LogP contribution in [-0.4, -0.2) is 10.9 Å². The van der Waals surface area contributed by atoms with Crippen LogP contribution in [0.2, 0.25) is 0 Å². The fourth-order valence-electron chi connectivity index (χ4n) is 3.07. The van der Waals surface area contributed by atoms with E-state index >= 15 is 0 Å². The molecule has 3 aromatic rings. The van der Waals surface area contributed by atoms with Crippen molar-refractivity contribution in [2.75, 3.05) is 10.2 Å². The van der Waals surface area contributed by atoms with E-state index in [1.807, 2.05) is 61.5 Å². The smallest absolute Gasteiger partial charge is 0.262 e. The van der Waals surface area contributed by atoms with Crippen molar-refractivity contribution in [2.24, 2.45) is 0 Å². The minimum absolute atomic E-state index is 0.0329. The summed E-state index contributed by atoms with van der Waals surface area (Å²) in [4.78, 5) is 19.1. The molecule has 1 aliphatic rings. The molecule has 0 saturated carbocycles. The van der Waals surface area contributed by atoms with Crippen LogP contribution in [0.25, 0.3) is 0 Å². The molecule has 0 aliphatic carbocycles. The van der Waals surface area contributed by atoms with E-state index in [0.717, 1.165) is 22.6 Å². The van der Waals surface area contributed by atoms with Gasteiger partial charge in [-0.3, -0.25) is 14.7 Å². The lowest BCUT2D eigenvalue weighted by Crippen LogP contribution is -2.32. The second kappa shape index (κ2) is 5.81. The first-order valence-electron chi connectivity index (χ1n) is 7.91. The van der Waals surface area contributed by atoms with Gasteiger partial charge in [0.25, 0.3) is 5.91 Å². The summed E-state index contributed by atoms with van der Waals surface area (Å²) < 4.78 is 0. The number of anilines is 2. The van der Waals surface area contributed by atoms with E-state index in [9.17, 15) is 4.79 Å². The Morgan fingerprint density at radius 1 is 1.00 bits per heavy atom. The molecule has 1 unspecified atom stereocenters. The Balaban J connectivity index is 1.79. The molecule has 4 rings (SSSR count). The monoisotopic (exact) mass is 315 g/mol. The summed E-state index contributed by atoms with van der Waals surface area (Å²) >= 11 is 0. The first-order chi connectivity index (χ1) is 11.7. The topological polar surface area (TPSA) is 45.2 Å². The van der Waals surface area contributed by atoms with Gasteiger partial charge >= 0.3 is 0 Å². The Kier molecular flexibility index (Phi) is 3.50. The lowest BCUT2D eigenvalue weighted by atomic mass is 10.2. The maximum Gasteiger partial charge on any atom is 0.262 e. The zero-order valence-corrected chi connectivity index (χ0v) is 13.3. The second-order valence-electron chi connectivity index (χ2n) is 5.86. The van der Waals surface area contributed by atoms with Crippen molar-refractivity contribution in [1.82, 2.24) is 4.98 Å². The Hall–Kier alpha value is -3.14. The van der Waals surface area contributed by atoms with Crippen molar-refractivity contribution in [3.05, 3.63) is 89.7 Å². The number of aromatic nitrogens is 1.